The van der Waals surface area contributed by atoms with Gasteiger partial charge in [0.15, 0.2) is 0 Å². The van der Waals surface area contributed by atoms with Crippen LogP contribution in [0.4, 0.5) is 4.39 Å². The summed E-state index contributed by atoms with van der Waals surface area (Å²) in [5, 5.41) is 3.41. The highest BCUT2D eigenvalue weighted by Gasteiger charge is 2.08. The third kappa shape index (κ3) is 3.21. The summed E-state index contributed by atoms with van der Waals surface area (Å²) in [6.07, 6.45) is 0. The van der Waals surface area contributed by atoms with E-state index < -0.39 is 0 Å². The summed E-state index contributed by atoms with van der Waals surface area (Å²) >= 11 is 7.51. The van der Waals surface area contributed by atoms with E-state index in [9.17, 15) is 4.39 Å². The summed E-state index contributed by atoms with van der Waals surface area (Å²) in [4.78, 5) is 4.43. The van der Waals surface area contributed by atoms with Gasteiger partial charge in [-0.3, -0.25) is 0 Å². The minimum absolute atomic E-state index is 0.298. The second-order valence-corrected chi connectivity index (χ2v) is 5.49. The van der Waals surface area contributed by atoms with Crippen molar-refractivity contribution in [2.75, 3.05) is 0 Å². The first kappa shape index (κ1) is 13.3. The fraction of sp³-hybridized carbons (Fsp3) is 0.308. The molecule has 0 N–H and O–H groups in total. The van der Waals surface area contributed by atoms with E-state index in [1.807, 2.05) is 5.38 Å². The van der Waals surface area contributed by atoms with Gasteiger partial charge < -0.3 is 4.74 Å². The molecular formula is C13H13ClFNOS. The van der Waals surface area contributed by atoms with Crippen LogP contribution in [0.5, 0.6) is 5.75 Å². The van der Waals surface area contributed by atoms with Crippen molar-refractivity contribution in [1.82, 2.24) is 4.98 Å². The van der Waals surface area contributed by atoms with Crippen LogP contribution in [0, 0.1) is 5.82 Å². The highest BCUT2D eigenvalue weighted by Crippen LogP contribution is 2.26. The Kier molecular flexibility index (Phi) is 4.19. The zero-order chi connectivity index (χ0) is 13.1. The third-order valence-corrected chi connectivity index (χ3v) is 3.84. The Labute approximate surface area is 114 Å². The summed E-state index contributed by atoms with van der Waals surface area (Å²) in [6.45, 7) is 4.48. The number of benzene rings is 1. The summed E-state index contributed by atoms with van der Waals surface area (Å²) in [5.41, 5.74) is 0.837. The predicted octanol–water partition coefficient (Wildman–Crippen LogP) is 4.64. The van der Waals surface area contributed by atoms with Crippen LogP contribution in [0.1, 0.15) is 30.5 Å². The molecule has 0 saturated heterocycles. The van der Waals surface area contributed by atoms with E-state index in [0.717, 1.165) is 10.7 Å². The molecule has 5 heteroatoms. The molecule has 2 aromatic rings. The van der Waals surface area contributed by atoms with Crippen LogP contribution >= 0.6 is 22.9 Å². The molecule has 1 heterocycles. The van der Waals surface area contributed by atoms with Crippen molar-refractivity contribution >= 4 is 22.9 Å². The van der Waals surface area contributed by atoms with Crippen molar-refractivity contribution in [3.05, 3.63) is 45.1 Å². The molecule has 0 aliphatic carbocycles. The van der Waals surface area contributed by atoms with Crippen LogP contribution in [0.2, 0.25) is 5.02 Å². The van der Waals surface area contributed by atoms with E-state index >= 15 is 0 Å². The molecule has 0 amide bonds. The first-order valence-electron chi connectivity index (χ1n) is 5.58. The minimum atomic E-state index is -0.365. The van der Waals surface area contributed by atoms with Gasteiger partial charge in [-0.1, -0.05) is 25.4 Å². The Morgan fingerprint density at radius 1 is 1.44 bits per heavy atom. The second kappa shape index (κ2) is 5.67. The standard InChI is InChI=1S/C13H13ClFNOS/c1-8(2)13-16-10(7-18-13)6-17-12-5-9(15)3-4-11(12)14/h3-5,7-8H,6H2,1-2H3. The van der Waals surface area contributed by atoms with Gasteiger partial charge in [0.05, 0.1) is 15.7 Å². The molecule has 2 nitrogen and oxygen atoms in total. The van der Waals surface area contributed by atoms with Gasteiger partial charge in [-0.25, -0.2) is 9.37 Å². The maximum absolute atomic E-state index is 13.0. The number of rotatable bonds is 4. The number of aromatic nitrogens is 1. The molecule has 1 aromatic carbocycles. The zero-order valence-corrected chi connectivity index (χ0v) is 11.7. The average Bonchev–Trinajstić information content (AvgIpc) is 2.79. The van der Waals surface area contributed by atoms with Crippen molar-refractivity contribution in [3.63, 3.8) is 0 Å². The van der Waals surface area contributed by atoms with E-state index in [2.05, 4.69) is 18.8 Å². The van der Waals surface area contributed by atoms with E-state index in [-0.39, 0.29) is 5.82 Å². The van der Waals surface area contributed by atoms with Crippen LogP contribution in [-0.4, -0.2) is 4.98 Å². The summed E-state index contributed by atoms with van der Waals surface area (Å²) in [5.74, 6) is 0.382. The SMILES string of the molecule is CC(C)c1nc(COc2cc(F)ccc2Cl)cs1. The Balaban J connectivity index is 2.04. The monoisotopic (exact) mass is 285 g/mol. The van der Waals surface area contributed by atoms with Gasteiger partial charge >= 0.3 is 0 Å². The lowest BCUT2D eigenvalue weighted by atomic mass is 10.2. The molecular weight excluding hydrogens is 273 g/mol. The molecule has 0 spiro atoms. The van der Waals surface area contributed by atoms with Gasteiger partial charge in [-0.15, -0.1) is 11.3 Å². The molecule has 0 aliphatic rings. The van der Waals surface area contributed by atoms with Crippen molar-refractivity contribution < 1.29 is 9.13 Å². The Hall–Kier alpha value is -1.13. The minimum Gasteiger partial charge on any atom is -0.486 e. The van der Waals surface area contributed by atoms with Gasteiger partial charge in [0.1, 0.15) is 18.2 Å². The van der Waals surface area contributed by atoms with E-state index in [0.29, 0.717) is 23.3 Å². The van der Waals surface area contributed by atoms with Crippen LogP contribution < -0.4 is 4.74 Å². The first-order valence-corrected chi connectivity index (χ1v) is 6.84. The smallest absolute Gasteiger partial charge is 0.141 e. The van der Waals surface area contributed by atoms with Crippen LogP contribution in [-0.2, 0) is 6.61 Å². The largest absolute Gasteiger partial charge is 0.486 e. The molecule has 0 bridgehead atoms. The molecule has 96 valence electrons. The van der Waals surface area contributed by atoms with Crippen LogP contribution in [0.25, 0.3) is 0 Å². The van der Waals surface area contributed by atoms with Crippen molar-refractivity contribution in [2.24, 2.45) is 0 Å². The number of hydrogen-bond acceptors (Lipinski definition) is 3. The van der Waals surface area contributed by atoms with E-state index in [1.165, 1.54) is 18.2 Å². The normalized spacial score (nSPS) is 10.9. The highest BCUT2D eigenvalue weighted by molar-refractivity contribution is 7.09. The number of halogens is 2. The zero-order valence-electron chi connectivity index (χ0n) is 10.1. The average molecular weight is 286 g/mol. The summed E-state index contributed by atoms with van der Waals surface area (Å²) in [6, 6.07) is 4.06. The molecule has 18 heavy (non-hydrogen) atoms. The molecule has 2 rings (SSSR count). The Bertz CT molecular complexity index is 542. The van der Waals surface area contributed by atoms with Crippen LogP contribution in [0.3, 0.4) is 0 Å². The van der Waals surface area contributed by atoms with Crippen molar-refractivity contribution in [2.45, 2.75) is 26.4 Å². The molecule has 0 radical (unpaired) electrons. The van der Waals surface area contributed by atoms with E-state index in [1.54, 1.807) is 11.3 Å². The summed E-state index contributed by atoms with van der Waals surface area (Å²) in [7, 11) is 0. The van der Waals surface area contributed by atoms with Crippen molar-refractivity contribution in [3.8, 4) is 5.75 Å². The number of thiazole rings is 1. The topological polar surface area (TPSA) is 22.1 Å². The molecule has 0 fully saturated rings. The molecule has 0 saturated carbocycles. The molecule has 0 aliphatic heterocycles. The second-order valence-electron chi connectivity index (χ2n) is 4.20. The quantitative estimate of drug-likeness (QED) is 0.816. The maximum atomic E-state index is 13.0. The number of hydrogen-bond donors (Lipinski definition) is 0. The van der Waals surface area contributed by atoms with Crippen molar-refractivity contribution in [1.29, 1.82) is 0 Å². The molecule has 0 unspecified atom stereocenters. The molecule has 0 atom stereocenters. The van der Waals surface area contributed by atoms with E-state index in [4.69, 9.17) is 16.3 Å². The Morgan fingerprint density at radius 2 is 2.22 bits per heavy atom. The summed E-state index contributed by atoms with van der Waals surface area (Å²) < 4.78 is 18.5. The highest BCUT2D eigenvalue weighted by atomic mass is 35.5. The van der Waals surface area contributed by atoms with Gasteiger partial charge in [-0.05, 0) is 12.1 Å². The third-order valence-electron chi connectivity index (χ3n) is 2.33. The lowest BCUT2D eigenvalue weighted by Crippen LogP contribution is -1.97. The fourth-order valence-corrected chi connectivity index (χ4v) is 2.39. The molecule has 1 aromatic heterocycles. The maximum Gasteiger partial charge on any atom is 0.141 e. The number of nitrogens with zero attached hydrogens (tertiary/aromatic N) is 1. The Morgan fingerprint density at radius 3 is 2.89 bits per heavy atom. The van der Waals surface area contributed by atoms with Gasteiger partial charge in [0.2, 0.25) is 0 Å². The first-order chi connectivity index (χ1) is 8.56. The number of ether oxygens (including phenoxy) is 1. The lowest BCUT2D eigenvalue weighted by Gasteiger charge is -2.06. The predicted molar refractivity (Wildman–Crippen MR) is 71.9 cm³/mol. The van der Waals surface area contributed by atoms with Gasteiger partial charge in [-0.2, -0.15) is 0 Å². The lowest BCUT2D eigenvalue weighted by molar-refractivity contribution is 0.300. The van der Waals surface area contributed by atoms with Gasteiger partial charge in [0.25, 0.3) is 0 Å². The van der Waals surface area contributed by atoms with Crippen LogP contribution in [0.15, 0.2) is 23.6 Å². The fourth-order valence-electron chi connectivity index (χ4n) is 1.39. The van der Waals surface area contributed by atoms with Gasteiger partial charge in [0, 0.05) is 17.4 Å².